The number of benzene rings is 1. The van der Waals surface area contributed by atoms with Gasteiger partial charge in [-0.05, 0) is 42.5 Å². The molecule has 1 aliphatic heterocycles. The summed E-state index contributed by atoms with van der Waals surface area (Å²) < 4.78 is 0. The first-order valence-electron chi connectivity index (χ1n) is 6.36. The number of hydrogen-bond donors (Lipinski definition) is 3. The molecular weight excluding hydrogens is 260 g/mol. The summed E-state index contributed by atoms with van der Waals surface area (Å²) in [5, 5.41) is 10.8. The zero-order chi connectivity index (χ0) is 13.2. The molecule has 2 aromatic rings. The summed E-state index contributed by atoms with van der Waals surface area (Å²) in [7, 11) is 0. The zero-order valence-corrected chi connectivity index (χ0v) is 11.3. The third-order valence-corrected chi connectivity index (χ3v) is 4.41. The van der Waals surface area contributed by atoms with Gasteiger partial charge in [-0.3, -0.25) is 9.89 Å². The van der Waals surface area contributed by atoms with E-state index in [4.69, 9.17) is 5.73 Å². The normalized spacial score (nSPS) is 16.6. The van der Waals surface area contributed by atoms with Crippen LogP contribution in [0.4, 0.5) is 5.69 Å². The molecule has 0 aliphatic carbocycles. The van der Waals surface area contributed by atoms with E-state index >= 15 is 0 Å². The van der Waals surface area contributed by atoms with E-state index in [9.17, 15) is 4.79 Å². The number of carbonyl (C=O) groups excluding carboxylic acids is 1. The second-order valence-electron chi connectivity index (χ2n) is 4.74. The average molecular weight is 276 g/mol. The van der Waals surface area contributed by atoms with Gasteiger partial charge in [0.25, 0.3) is 5.91 Å². The first-order valence-corrected chi connectivity index (χ1v) is 7.52. The topological polar surface area (TPSA) is 83.8 Å². The summed E-state index contributed by atoms with van der Waals surface area (Å²) in [5.74, 6) is 2.10. The molecule has 100 valence electrons. The highest BCUT2D eigenvalue weighted by molar-refractivity contribution is 7.99. The Morgan fingerprint density at radius 1 is 1.42 bits per heavy atom. The van der Waals surface area contributed by atoms with Crippen LogP contribution in [0.2, 0.25) is 0 Å². The SMILES string of the molecule is Nc1ccc2[nH]nc(C(=O)NC3CCSCC3)c2c1. The predicted molar refractivity (Wildman–Crippen MR) is 78.3 cm³/mol. The van der Waals surface area contributed by atoms with Crippen molar-refractivity contribution in [3.63, 3.8) is 0 Å². The van der Waals surface area contributed by atoms with Crippen molar-refractivity contribution >= 4 is 34.3 Å². The van der Waals surface area contributed by atoms with E-state index in [1.165, 1.54) is 0 Å². The lowest BCUT2D eigenvalue weighted by molar-refractivity contribution is 0.0931. The van der Waals surface area contributed by atoms with Gasteiger partial charge in [-0.2, -0.15) is 16.9 Å². The van der Waals surface area contributed by atoms with Gasteiger partial charge in [-0.15, -0.1) is 0 Å². The van der Waals surface area contributed by atoms with Crippen molar-refractivity contribution in [3.05, 3.63) is 23.9 Å². The molecule has 1 fully saturated rings. The monoisotopic (exact) mass is 276 g/mol. The number of nitrogens with one attached hydrogen (secondary N) is 2. The molecule has 4 N–H and O–H groups in total. The molecule has 0 atom stereocenters. The van der Waals surface area contributed by atoms with Crippen molar-refractivity contribution in [2.75, 3.05) is 17.2 Å². The number of thioether (sulfide) groups is 1. The van der Waals surface area contributed by atoms with E-state index in [0.717, 1.165) is 35.3 Å². The van der Waals surface area contributed by atoms with E-state index < -0.39 is 0 Å². The van der Waals surface area contributed by atoms with Gasteiger partial charge in [-0.1, -0.05) is 0 Å². The molecule has 0 bridgehead atoms. The Labute approximate surface area is 115 Å². The molecule has 0 spiro atoms. The quantitative estimate of drug-likeness (QED) is 0.730. The number of rotatable bonds is 2. The van der Waals surface area contributed by atoms with Gasteiger partial charge in [0.05, 0.1) is 5.52 Å². The van der Waals surface area contributed by atoms with Crippen molar-refractivity contribution in [1.29, 1.82) is 0 Å². The molecule has 0 radical (unpaired) electrons. The number of aromatic amines is 1. The highest BCUT2D eigenvalue weighted by Crippen LogP contribution is 2.20. The summed E-state index contributed by atoms with van der Waals surface area (Å²) in [6.07, 6.45) is 2.06. The fourth-order valence-electron chi connectivity index (χ4n) is 2.30. The van der Waals surface area contributed by atoms with Gasteiger partial charge >= 0.3 is 0 Å². The Bertz CT molecular complexity index is 604. The van der Waals surface area contributed by atoms with Gasteiger partial charge in [0.2, 0.25) is 0 Å². The third-order valence-electron chi connectivity index (χ3n) is 3.36. The lowest BCUT2D eigenvalue weighted by Crippen LogP contribution is -2.37. The summed E-state index contributed by atoms with van der Waals surface area (Å²) >= 11 is 1.94. The fraction of sp³-hybridized carbons (Fsp3) is 0.385. The smallest absolute Gasteiger partial charge is 0.272 e. The van der Waals surface area contributed by atoms with Crippen LogP contribution in [0.5, 0.6) is 0 Å². The molecule has 19 heavy (non-hydrogen) atoms. The molecule has 0 saturated carbocycles. The van der Waals surface area contributed by atoms with Crippen LogP contribution in [0.1, 0.15) is 23.3 Å². The minimum Gasteiger partial charge on any atom is -0.399 e. The Morgan fingerprint density at radius 3 is 3.00 bits per heavy atom. The number of amides is 1. The Balaban J connectivity index is 1.82. The number of aromatic nitrogens is 2. The number of fused-ring (bicyclic) bond motifs is 1. The van der Waals surface area contributed by atoms with Crippen LogP contribution in [-0.2, 0) is 0 Å². The van der Waals surface area contributed by atoms with Crippen LogP contribution in [0, 0.1) is 0 Å². The molecule has 3 rings (SSSR count). The van der Waals surface area contributed by atoms with Crippen LogP contribution in [0.15, 0.2) is 18.2 Å². The van der Waals surface area contributed by atoms with E-state index in [2.05, 4.69) is 15.5 Å². The maximum absolute atomic E-state index is 12.3. The average Bonchev–Trinajstić information content (AvgIpc) is 2.82. The van der Waals surface area contributed by atoms with E-state index in [0.29, 0.717) is 11.4 Å². The molecule has 1 amide bonds. The lowest BCUT2D eigenvalue weighted by atomic mass is 10.1. The van der Waals surface area contributed by atoms with E-state index in [1.807, 2.05) is 17.8 Å². The van der Waals surface area contributed by atoms with Gasteiger partial charge < -0.3 is 11.1 Å². The largest absolute Gasteiger partial charge is 0.399 e. The first-order chi connectivity index (χ1) is 9.24. The van der Waals surface area contributed by atoms with Gasteiger partial charge in [-0.25, -0.2) is 0 Å². The fourth-order valence-corrected chi connectivity index (χ4v) is 3.41. The van der Waals surface area contributed by atoms with Crippen LogP contribution in [0.3, 0.4) is 0 Å². The van der Waals surface area contributed by atoms with Crippen molar-refractivity contribution in [1.82, 2.24) is 15.5 Å². The maximum atomic E-state index is 12.3. The van der Waals surface area contributed by atoms with Gasteiger partial charge in [0, 0.05) is 17.1 Å². The van der Waals surface area contributed by atoms with Crippen LogP contribution < -0.4 is 11.1 Å². The van der Waals surface area contributed by atoms with Crippen molar-refractivity contribution in [3.8, 4) is 0 Å². The van der Waals surface area contributed by atoms with Crippen molar-refractivity contribution < 1.29 is 4.79 Å². The summed E-state index contributed by atoms with van der Waals surface area (Å²) in [6.45, 7) is 0. The van der Waals surface area contributed by atoms with Crippen LogP contribution >= 0.6 is 11.8 Å². The molecular formula is C13H16N4OS. The van der Waals surface area contributed by atoms with Gasteiger partial charge in [0.15, 0.2) is 5.69 Å². The number of hydrogen-bond acceptors (Lipinski definition) is 4. The van der Waals surface area contributed by atoms with Crippen LogP contribution in [0.25, 0.3) is 10.9 Å². The molecule has 2 heterocycles. The first kappa shape index (κ1) is 12.3. The number of H-pyrrole nitrogens is 1. The summed E-state index contributed by atoms with van der Waals surface area (Å²) in [4.78, 5) is 12.3. The summed E-state index contributed by atoms with van der Waals surface area (Å²) in [6, 6.07) is 5.68. The third kappa shape index (κ3) is 2.53. The second-order valence-corrected chi connectivity index (χ2v) is 5.96. The van der Waals surface area contributed by atoms with Crippen LogP contribution in [-0.4, -0.2) is 33.7 Å². The standard InChI is InChI=1S/C13H16N4OS/c14-8-1-2-11-10(7-8)12(17-16-11)13(18)15-9-3-5-19-6-4-9/h1-2,7,9H,3-6,14H2,(H,15,18)(H,16,17). The Morgan fingerprint density at radius 2 is 2.21 bits per heavy atom. The molecule has 6 heteroatoms. The van der Waals surface area contributed by atoms with Crippen molar-refractivity contribution in [2.45, 2.75) is 18.9 Å². The summed E-state index contributed by atoms with van der Waals surface area (Å²) in [5.41, 5.74) is 7.66. The zero-order valence-electron chi connectivity index (χ0n) is 10.5. The van der Waals surface area contributed by atoms with E-state index in [1.54, 1.807) is 12.1 Å². The molecule has 1 aromatic heterocycles. The number of carbonyl (C=O) groups is 1. The van der Waals surface area contributed by atoms with Crippen molar-refractivity contribution in [2.24, 2.45) is 0 Å². The number of nitrogens with zero attached hydrogens (tertiary/aromatic N) is 1. The van der Waals surface area contributed by atoms with Gasteiger partial charge in [0.1, 0.15) is 0 Å². The maximum Gasteiger partial charge on any atom is 0.272 e. The molecule has 1 saturated heterocycles. The molecule has 1 aromatic carbocycles. The number of anilines is 1. The molecule has 5 nitrogen and oxygen atoms in total. The number of nitrogen functional groups attached to an aromatic ring is 1. The minimum atomic E-state index is -0.117. The Hall–Kier alpha value is -1.69. The second kappa shape index (κ2) is 5.13. The van der Waals surface area contributed by atoms with E-state index in [-0.39, 0.29) is 11.9 Å². The molecule has 0 unspecified atom stereocenters. The molecule has 1 aliphatic rings. The predicted octanol–water partition coefficient (Wildman–Crippen LogP) is 1.77. The Kier molecular flexibility index (Phi) is 3.33. The highest BCUT2D eigenvalue weighted by atomic mass is 32.2. The number of nitrogens with two attached hydrogens (primary N) is 1. The minimum absolute atomic E-state index is 0.117. The highest BCUT2D eigenvalue weighted by Gasteiger charge is 2.20. The lowest BCUT2D eigenvalue weighted by Gasteiger charge is -2.22.